The molecule has 0 heterocycles. The van der Waals surface area contributed by atoms with Gasteiger partial charge in [-0.15, -0.1) is 0 Å². The molecule has 25 heavy (non-hydrogen) atoms. The Morgan fingerprint density at radius 3 is 2.12 bits per heavy atom. The average Bonchev–Trinajstić information content (AvgIpc) is 3.43. The second-order valence-corrected chi connectivity index (χ2v) is 6.04. The fourth-order valence-corrected chi connectivity index (χ4v) is 2.24. The monoisotopic (exact) mass is 342 g/mol. The number of hydrogen-bond donors (Lipinski definition) is 2. The second-order valence-electron chi connectivity index (χ2n) is 6.04. The van der Waals surface area contributed by atoms with Crippen molar-refractivity contribution in [1.82, 2.24) is 0 Å². The van der Waals surface area contributed by atoms with E-state index in [9.17, 15) is 14.0 Å². The van der Waals surface area contributed by atoms with E-state index < -0.39 is 6.10 Å². The highest BCUT2D eigenvalue weighted by Gasteiger charge is 2.29. The summed E-state index contributed by atoms with van der Waals surface area (Å²) in [4.78, 5) is 23.9. The molecule has 1 unspecified atom stereocenters. The number of halogens is 1. The molecule has 0 spiro atoms. The first kappa shape index (κ1) is 17.0. The Morgan fingerprint density at radius 2 is 1.56 bits per heavy atom. The van der Waals surface area contributed by atoms with Gasteiger partial charge in [-0.1, -0.05) is 0 Å². The van der Waals surface area contributed by atoms with Crippen LogP contribution in [0.5, 0.6) is 5.75 Å². The molecule has 2 aromatic rings. The Hall–Kier alpha value is -2.89. The van der Waals surface area contributed by atoms with Crippen molar-refractivity contribution in [3.8, 4) is 5.75 Å². The van der Waals surface area contributed by atoms with Gasteiger partial charge in [-0.3, -0.25) is 9.59 Å². The number of hydrogen-bond acceptors (Lipinski definition) is 3. The van der Waals surface area contributed by atoms with Crippen LogP contribution >= 0.6 is 0 Å². The van der Waals surface area contributed by atoms with Gasteiger partial charge < -0.3 is 15.4 Å². The Balaban J connectivity index is 1.52. The highest BCUT2D eigenvalue weighted by molar-refractivity contribution is 5.96. The van der Waals surface area contributed by atoms with Crippen LogP contribution in [0.15, 0.2) is 48.5 Å². The molecule has 0 saturated heterocycles. The van der Waals surface area contributed by atoms with Gasteiger partial charge in [0, 0.05) is 17.3 Å². The quantitative estimate of drug-likeness (QED) is 0.843. The maximum atomic E-state index is 12.9. The second kappa shape index (κ2) is 7.34. The molecule has 130 valence electrons. The standard InChI is InChI=1S/C19H19FN2O3/c1-12(25-17-10-4-14(20)5-11-17)18(23)21-15-6-8-16(9-7-15)22-19(24)13-2-3-13/h4-13H,2-3H2,1H3,(H,21,23)(H,22,24). The Morgan fingerprint density at radius 1 is 1.00 bits per heavy atom. The lowest BCUT2D eigenvalue weighted by molar-refractivity contribution is -0.122. The van der Waals surface area contributed by atoms with Crippen LogP contribution in [0.4, 0.5) is 15.8 Å². The molecule has 2 N–H and O–H groups in total. The van der Waals surface area contributed by atoms with Crippen molar-refractivity contribution < 1.29 is 18.7 Å². The van der Waals surface area contributed by atoms with Gasteiger partial charge in [0.1, 0.15) is 11.6 Å². The maximum Gasteiger partial charge on any atom is 0.265 e. The molecule has 2 aromatic carbocycles. The lowest BCUT2D eigenvalue weighted by Gasteiger charge is -2.15. The van der Waals surface area contributed by atoms with E-state index in [0.717, 1.165) is 12.8 Å². The first-order valence-corrected chi connectivity index (χ1v) is 8.15. The van der Waals surface area contributed by atoms with Crippen LogP contribution in [0.1, 0.15) is 19.8 Å². The topological polar surface area (TPSA) is 67.4 Å². The lowest BCUT2D eigenvalue weighted by Crippen LogP contribution is -2.30. The fraction of sp³-hybridized carbons (Fsp3) is 0.263. The third-order valence-corrected chi connectivity index (χ3v) is 3.86. The van der Waals surface area contributed by atoms with E-state index in [4.69, 9.17) is 4.74 Å². The first-order chi connectivity index (χ1) is 12.0. The number of ether oxygens (including phenoxy) is 1. The number of benzene rings is 2. The van der Waals surface area contributed by atoms with Gasteiger partial charge in [-0.05, 0) is 68.3 Å². The number of carbonyl (C=O) groups excluding carboxylic acids is 2. The smallest absolute Gasteiger partial charge is 0.265 e. The molecule has 0 aliphatic heterocycles. The minimum Gasteiger partial charge on any atom is -0.481 e. The molecule has 1 aliphatic carbocycles. The van der Waals surface area contributed by atoms with Gasteiger partial charge in [0.15, 0.2) is 6.10 Å². The third-order valence-electron chi connectivity index (χ3n) is 3.86. The van der Waals surface area contributed by atoms with Gasteiger partial charge in [-0.2, -0.15) is 0 Å². The summed E-state index contributed by atoms with van der Waals surface area (Å²) in [5.74, 6) is -0.0819. The van der Waals surface area contributed by atoms with E-state index in [1.165, 1.54) is 24.3 Å². The van der Waals surface area contributed by atoms with Crippen molar-refractivity contribution in [3.05, 3.63) is 54.3 Å². The zero-order valence-corrected chi connectivity index (χ0v) is 13.8. The summed E-state index contributed by atoms with van der Waals surface area (Å²) in [6.07, 6.45) is 1.16. The largest absolute Gasteiger partial charge is 0.481 e. The highest BCUT2D eigenvalue weighted by atomic mass is 19.1. The molecular formula is C19H19FN2O3. The van der Waals surface area contributed by atoms with E-state index in [-0.39, 0.29) is 23.5 Å². The number of carbonyl (C=O) groups is 2. The van der Waals surface area contributed by atoms with Crippen LogP contribution in [0.25, 0.3) is 0 Å². The minimum atomic E-state index is -0.736. The SMILES string of the molecule is CC(Oc1ccc(F)cc1)C(=O)Nc1ccc(NC(=O)C2CC2)cc1. The fourth-order valence-electron chi connectivity index (χ4n) is 2.24. The molecule has 5 nitrogen and oxygen atoms in total. The van der Waals surface area contributed by atoms with Crippen molar-refractivity contribution >= 4 is 23.2 Å². The zero-order valence-electron chi connectivity index (χ0n) is 13.8. The van der Waals surface area contributed by atoms with Gasteiger partial charge in [0.05, 0.1) is 0 Å². The Labute approximate surface area is 145 Å². The molecule has 0 radical (unpaired) electrons. The van der Waals surface area contributed by atoms with Crippen LogP contribution < -0.4 is 15.4 Å². The lowest BCUT2D eigenvalue weighted by atomic mass is 10.2. The number of nitrogens with one attached hydrogen (secondary N) is 2. The molecular weight excluding hydrogens is 323 g/mol. The first-order valence-electron chi connectivity index (χ1n) is 8.15. The van der Waals surface area contributed by atoms with E-state index in [0.29, 0.717) is 17.1 Å². The summed E-state index contributed by atoms with van der Waals surface area (Å²) >= 11 is 0. The van der Waals surface area contributed by atoms with Crippen molar-refractivity contribution in [2.75, 3.05) is 10.6 Å². The third kappa shape index (κ3) is 4.79. The van der Waals surface area contributed by atoms with E-state index in [1.54, 1.807) is 31.2 Å². The Bertz CT molecular complexity index is 755. The molecule has 1 aliphatic rings. The normalized spacial score (nSPS) is 14.5. The summed E-state index contributed by atoms with van der Waals surface area (Å²) in [6, 6.07) is 12.4. The van der Waals surface area contributed by atoms with Crippen LogP contribution in [0.3, 0.4) is 0 Å². The Kier molecular flexibility index (Phi) is 4.97. The molecule has 0 aromatic heterocycles. The molecule has 1 saturated carbocycles. The van der Waals surface area contributed by atoms with Crippen LogP contribution in [0, 0.1) is 11.7 Å². The summed E-state index contributed by atoms with van der Waals surface area (Å²) in [5.41, 5.74) is 1.30. The molecule has 6 heteroatoms. The van der Waals surface area contributed by atoms with Gasteiger partial charge in [0.2, 0.25) is 5.91 Å². The van der Waals surface area contributed by atoms with Crippen molar-refractivity contribution in [3.63, 3.8) is 0 Å². The van der Waals surface area contributed by atoms with Crippen molar-refractivity contribution in [2.24, 2.45) is 5.92 Å². The van der Waals surface area contributed by atoms with E-state index >= 15 is 0 Å². The summed E-state index contributed by atoms with van der Waals surface area (Å²) in [6.45, 7) is 1.61. The zero-order chi connectivity index (χ0) is 17.8. The summed E-state index contributed by atoms with van der Waals surface area (Å²) < 4.78 is 18.3. The summed E-state index contributed by atoms with van der Waals surface area (Å²) in [5, 5.41) is 5.58. The van der Waals surface area contributed by atoms with Gasteiger partial charge >= 0.3 is 0 Å². The predicted molar refractivity (Wildman–Crippen MR) is 92.9 cm³/mol. The number of amides is 2. The van der Waals surface area contributed by atoms with Crippen LogP contribution in [-0.4, -0.2) is 17.9 Å². The molecule has 2 amide bonds. The molecule has 0 bridgehead atoms. The van der Waals surface area contributed by atoms with Crippen molar-refractivity contribution in [2.45, 2.75) is 25.9 Å². The molecule has 1 fully saturated rings. The minimum absolute atomic E-state index is 0.0399. The van der Waals surface area contributed by atoms with Crippen LogP contribution in [0.2, 0.25) is 0 Å². The average molecular weight is 342 g/mol. The molecule has 3 rings (SSSR count). The van der Waals surface area contributed by atoms with Crippen LogP contribution in [-0.2, 0) is 9.59 Å². The number of rotatable bonds is 6. The van der Waals surface area contributed by atoms with E-state index in [1.807, 2.05) is 0 Å². The van der Waals surface area contributed by atoms with Crippen molar-refractivity contribution in [1.29, 1.82) is 0 Å². The molecule has 1 atom stereocenters. The highest BCUT2D eigenvalue weighted by Crippen LogP contribution is 2.30. The predicted octanol–water partition coefficient (Wildman–Crippen LogP) is 3.58. The van der Waals surface area contributed by atoms with Gasteiger partial charge in [-0.25, -0.2) is 4.39 Å². The van der Waals surface area contributed by atoms with Gasteiger partial charge in [0.25, 0.3) is 5.91 Å². The maximum absolute atomic E-state index is 12.9. The van der Waals surface area contributed by atoms with E-state index in [2.05, 4.69) is 10.6 Å². The summed E-state index contributed by atoms with van der Waals surface area (Å²) in [7, 11) is 0. The number of anilines is 2.